The van der Waals surface area contributed by atoms with Gasteiger partial charge in [0.05, 0.1) is 48.4 Å². The molecule has 3 nitrogen and oxygen atoms in total. The molecule has 0 aromatic heterocycles. The summed E-state index contributed by atoms with van der Waals surface area (Å²) in [6, 6.07) is 17.3. The third kappa shape index (κ3) is 5.96. The van der Waals surface area contributed by atoms with Gasteiger partial charge in [0.25, 0.3) is 0 Å². The van der Waals surface area contributed by atoms with Crippen molar-refractivity contribution in [1.82, 2.24) is 8.97 Å². The van der Waals surface area contributed by atoms with Gasteiger partial charge >= 0.3 is 0 Å². The lowest BCUT2D eigenvalue weighted by Gasteiger charge is -2.23. The lowest BCUT2D eigenvalue weighted by molar-refractivity contribution is 0.165. The number of aryl methyl sites for hydroxylation is 1. The van der Waals surface area contributed by atoms with Crippen LogP contribution in [0.2, 0.25) is 0 Å². The van der Waals surface area contributed by atoms with E-state index in [9.17, 15) is 5.11 Å². The van der Waals surface area contributed by atoms with E-state index in [0.29, 0.717) is 6.42 Å². The average molecular weight is 343 g/mol. The largest absolute Gasteiger partial charge is 0.393 e. The lowest BCUT2D eigenvalue weighted by atomic mass is 10.0. The SMILES string of the molecule is C[N+](C)(C)c1ccc(CCC(O)Cc2ccc([N+](C)(C)C)cc2)cc1. The van der Waals surface area contributed by atoms with Crippen LogP contribution in [0.1, 0.15) is 17.5 Å². The van der Waals surface area contributed by atoms with Gasteiger partial charge in [-0.25, -0.2) is 0 Å². The Balaban J connectivity index is 1.87. The quantitative estimate of drug-likeness (QED) is 0.762. The molecule has 1 N–H and O–H groups in total. The standard InChI is InChI=1S/C22H34N2O/c1-23(2,3)20-12-7-18(8-13-20)11-16-22(25)17-19-9-14-21(15-10-19)24(4,5)6/h7-10,12-15,22,25H,11,16-17H2,1-6H3/q+2. The van der Waals surface area contributed by atoms with Crippen LogP contribution in [0.4, 0.5) is 11.4 Å². The van der Waals surface area contributed by atoms with E-state index >= 15 is 0 Å². The Kier molecular flexibility index (Phi) is 6.04. The highest BCUT2D eigenvalue weighted by Gasteiger charge is 2.13. The molecule has 0 saturated heterocycles. The van der Waals surface area contributed by atoms with Gasteiger partial charge in [-0.3, -0.25) is 8.97 Å². The first-order valence-electron chi connectivity index (χ1n) is 9.06. The van der Waals surface area contributed by atoms with Gasteiger partial charge in [0.2, 0.25) is 0 Å². The normalized spacial score (nSPS) is 13.7. The first-order chi connectivity index (χ1) is 11.6. The number of hydrogen-bond donors (Lipinski definition) is 1. The van der Waals surface area contributed by atoms with Crippen molar-refractivity contribution in [2.45, 2.75) is 25.4 Å². The summed E-state index contributed by atoms with van der Waals surface area (Å²) in [5, 5.41) is 10.4. The number of rotatable bonds is 7. The van der Waals surface area contributed by atoms with Crippen LogP contribution in [0.25, 0.3) is 0 Å². The van der Waals surface area contributed by atoms with E-state index in [4.69, 9.17) is 0 Å². The molecular formula is C22H34N2O+2. The van der Waals surface area contributed by atoms with Gasteiger partial charge in [0.1, 0.15) is 11.4 Å². The summed E-state index contributed by atoms with van der Waals surface area (Å²) in [5.74, 6) is 0. The summed E-state index contributed by atoms with van der Waals surface area (Å²) in [6.07, 6.45) is 2.12. The highest BCUT2D eigenvalue weighted by Crippen LogP contribution is 2.20. The highest BCUT2D eigenvalue weighted by molar-refractivity contribution is 5.43. The molecule has 0 saturated carbocycles. The van der Waals surface area contributed by atoms with E-state index in [1.54, 1.807) is 0 Å². The van der Waals surface area contributed by atoms with Crippen molar-refractivity contribution in [3.8, 4) is 0 Å². The van der Waals surface area contributed by atoms with Crippen molar-refractivity contribution >= 4 is 11.4 Å². The lowest BCUT2D eigenvalue weighted by Crippen LogP contribution is -2.34. The maximum absolute atomic E-state index is 10.4. The van der Waals surface area contributed by atoms with Crippen LogP contribution in [-0.4, -0.2) is 53.5 Å². The summed E-state index contributed by atoms with van der Waals surface area (Å²) in [6.45, 7) is 0. The minimum atomic E-state index is -0.298. The molecule has 3 heteroatoms. The Morgan fingerprint density at radius 1 is 0.680 bits per heavy atom. The second-order valence-corrected chi connectivity index (χ2v) is 8.75. The fourth-order valence-electron chi connectivity index (χ4n) is 2.90. The van der Waals surface area contributed by atoms with Crippen molar-refractivity contribution in [2.75, 3.05) is 42.3 Å². The van der Waals surface area contributed by atoms with Gasteiger partial charge < -0.3 is 5.11 Å². The van der Waals surface area contributed by atoms with E-state index in [2.05, 4.69) is 90.8 Å². The monoisotopic (exact) mass is 342 g/mol. The molecule has 0 aliphatic heterocycles. The van der Waals surface area contributed by atoms with Crippen LogP contribution in [0, 0.1) is 0 Å². The van der Waals surface area contributed by atoms with Crippen LogP contribution in [-0.2, 0) is 12.8 Å². The van der Waals surface area contributed by atoms with E-state index in [1.807, 2.05) is 0 Å². The van der Waals surface area contributed by atoms with Crippen molar-refractivity contribution in [3.05, 3.63) is 59.7 Å². The van der Waals surface area contributed by atoms with Crippen molar-refractivity contribution in [2.24, 2.45) is 0 Å². The molecule has 2 rings (SSSR count). The van der Waals surface area contributed by atoms with Crippen LogP contribution in [0.3, 0.4) is 0 Å². The molecule has 136 valence electrons. The topological polar surface area (TPSA) is 20.2 Å². The smallest absolute Gasteiger partial charge is 0.132 e. The first-order valence-corrected chi connectivity index (χ1v) is 9.06. The molecule has 0 aliphatic rings. The van der Waals surface area contributed by atoms with Gasteiger partial charge in [0, 0.05) is 0 Å². The zero-order valence-electron chi connectivity index (χ0n) is 16.7. The Labute approximate surface area is 153 Å². The van der Waals surface area contributed by atoms with Crippen molar-refractivity contribution in [3.63, 3.8) is 0 Å². The van der Waals surface area contributed by atoms with Crippen molar-refractivity contribution in [1.29, 1.82) is 0 Å². The Morgan fingerprint density at radius 3 is 1.48 bits per heavy atom. The number of hydrogen-bond acceptors (Lipinski definition) is 1. The maximum Gasteiger partial charge on any atom is 0.132 e. The average Bonchev–Trinajstić information content (AvgIpc) is 2.52. The van der Waals surface area contributed by atoms with E-state index in [0.717, 1.165) is 21.8 Å². The molecule has 25 heavy (non-hydrogen) atoms. The third-order valence-corrected chi connectivity index (χ3v) is 4.66. The second kappa shape index (κ2) is 7.69. The zero-order valence-corrected chi connectivity index (χ0v) is 16.7. The predicted octanol–water partition coefficient (Wildman–Crippen LogP) is 3.62. The Hall–Kier alpha value is -1.68. The molecular weight excluding hydrogens is 308 g/mol. The molecule has 1 unspecified atom stereocenters. The summed E-state index contributed by atoms with van der Waals surface area (Å²) in [7, 11) is 13.0. The molecule has 0 spiro atoms. The van der Waals surface area contributed by atoms with E-state index in [1.165, 1.54) is 22.5 Å². The summed E-state index contributed by atoms with van der Waals surface area (Å²) in [5.41, 5.74) is 5.05. The number of quaternary nitrogens is 2. The Morgan fingerprint density at radius 2 is 1.08 bits per heavy atom. The van der Waals surface area contributed by atoms with Crippen LogP contribution < -0.4 is 8.97 Å². The molecule has 0 bridgehead atoms. The fourth-order valence-corrected chi connectivity index (χ4v) is 2.90. The minimum Gasteiger partial charge on any atom is -0.393 e. The van der Waals surface area contributed by atoms with Crippen molar-refractivity contribution < 1.29 is 5.11 Å². The third-order valence-electron chi connectivity index (χ3n) is 4.66. The van der Waals surface area contributed by atoms with Crippen LogP contribution >= 0.6 is 0 Å². The van der Waals surface area contributed by atoms with Crippen LogP contribution in [0.5, 0.6) is 0 Å². The molecule has 0 amide bonds. The Bertz CT molecular complexity index is 661. The molecule has 2 aromatic carbocycles. The van der Waals surface area contributed by atoms with Gasteiger partial charge in [-0.1, -0.05) is 24.3 Å². The van der Waals surface area contributed by atoms with E-state index in [-0.39, 0.29) is 6.10 Å². The minimum absolute atomic E-state index is 0.298. The van der Waals surface area contributed by atoms with Gasteiger partial charge in [0.15, 0.2) is 0 Å². The molecule has 1 atom stereocenters. The van der Waals surface area contributed by atoms with Gasteiger partial charge in [-0.05, 0) is 54.7 Å². The van der Waals surface area contributed by atoms with Crippen LogP contribution in [0.15, 0.2) is 48.5 Å². The maximum atomic E-state index is 10.4. The van der Waals surface area contributed by atoms with E-state index < -0.39 is 0 Å². The first kappa shape index (κ1) is 19.6. The molecule has 2 aromatic rings. The van der Waals surface area contributed by atoms with Gasteiger partial charge in [-0.15, -0.1) is 0 Å². The second-order valence-electron chi connectivity index (χ2n) is 8.75. The summed E-state index contributed by atoms with van der Waals surface area (Å²) < 4.78 is 1.64. The van der Waals surface area contributed by atoms with Gasteiger partial charge in [-0.2, -0.15) is 0 Å². The zero-order chi connectivity index (χ0) is 18.7. The molecule has 0 fully saturated rings. The number of aliphatic hydroxyl groups excluding tert-OH is 1. The predicted molar refractivity (Wildman–Crippen MR) is 110 cm³/mol. The molecule has 0 radical (unpaired) electrons. The number of nitrogens with zero attached hydrogens (tertiary/aromatic N) is 2. The molecule has 0 heterocycles. The summed E-state index contributed by atoms with van der Waals surface area (Å²) in [4.78, 5) is 0. The number of aliphatic hydroxyl groups is 1. The summed E-state index contributed by atoms with van der Waals surface area (Å²) >= 11 is 0. The highest BCUT2D eigenvalue weighted by atomic mass is 16.3. The number of benzene rings is 2. The fraction of sp³-hybridized carbons (Fsp3) is 0.455. The molecule has 0 aliphatic carbocycles.